The molecule has 6 nitrogen and oxygen atoms in total. The molecule has 1 aliphatic heterocycles. The third-order valence-electron chi connectivity index (χ3n) is 3.34. The number of amides is 2. The lowest BCUT2D eigenvalue weighted by Gasteiger charge is -2.25. The first-order valence-electron chi connectivity index (χ1n) is 6.95. The summed E-state index contributed by atoms with van der Waals surface area (Å²) in [5.74, 6) is -0.803. The van der Waals surface area contributed by atoms with Crippen molar-refractivity contribution >= 4 is 12.0 Å². The van der Waals surface area contributed by atoms with Crippen LogP contribution in [-0.4, -0.2) is 52.3 Å². The maximum absolute atomic E-state index is 12.0. The highest BCUT2D eigenvalue weighted by Crippen LogP contribution is 2.21. The summed E-state index contributed by atoms with van der Waals surface area (Å²) in [5, 5.41) is 20.7. The number of aliphatic hydroxyl groups excluding tert-OH is 1. The Kier molecular flexibility index (Phi) is 6.62. The van der Waals surface area contributed by atoms with Gasteiger partial charge in [0, 0.05) is 25.6 Å². The number of carbonyl (C=O) groups is 2. The minimum atomic E-state index is -0.803. The van der Waals surface area contributed by atoms with E-state index in [0.717, 1.165) is 19.4 Å². The topological polar surface area (TPSA) is 89.9 Å². The molecule has 1 saturated heterocycles. The largest absolute Gasteiger partial charge is 0.481 e. The molecule has 0 bridgehead atoms. The quantitative estimate of drug-likeness (QED) is 0.607. The highest BCUT2D eigenvalue weighted by molar-refractivity contribution is 5.74. The first-order valence-corrected chi connectivity index (χ1v) is 6.95. The van der Waals surface area contributed by atoms with Crippen LogP contribution < -0.4 is 5.32 Å². The van der Waals surface area contributed by atoms with Crippen molar-refractivity contribution in [3.8, 4) is 0 Å². The first kappa shape index (κ1) is 15.8. The van der Waals surface area contributed by atoms with Crippen LogP contribution in [0.4, 0.5) is 4.79 Å². The number of aliphatic carboxylic acids is 1. The normalized spacial score (nSPS) is 20.3. The average Bonchev–Trinajstić information content (AvgIpc) is 2.75. The Morgan fingerprint density at radius 2 is 2.16 bits per heavy atom. The van der Waals surface area contributed by atoms with E-state index in [2.05, 4.69) is 5.32 Å². The predicted molar refractivity (Wildman–Crippen MR) is 70.9 cm³/mol. The van der Waals surface area contributed by atoms with E-state index < -0.39 is 12.1 Å². The molecule has 0 aromatic heterocycles. The van der Waals surface area contributed by atoms with Crippen LogP contribution in [0.15, 0.2) is 0 Å². The van der Waals surface area contributed by atoms with Crippen molar-refractivity contribution in [3.63, 3.8) is 0 Å². The summed E-state index contributed by atoms with van der Waals surface area (Å²) in [6, 6.07) is 0.0255. The van der Waals surface area contributed by atoms with E-state index in [4.69, 9.17) is 5.11 Å². The standard InChI is InChI=1S/C13H24N2O4/c1-10(16)9-11-5-4-8-15(11)13(19)14-7-3-2-6-12(17)18/h10-11,16H,2-9H2,1H3,(H,14,19)(H,17,18). The fourth-order valence-corrected chi connectivity index (χ4v) is 2.44. The van der Waals surface area contributed by atoms with Crippen LogP contribution in [0.1, 0.15) is 45.4 Å². The highest BCUT2D eigenvalue weighted by Gasteiger charge is 2.29. The molecule has 0 radical (unpaired) electrons. The third kappa shape index (κ3) is 5.92. The number of aliphatic hydroxyl groups is 1. The molecular weight excluding hydrogens is 248 g/mol. The van der Waals surface area contributed by atoms with Gasteiger partial charge in [-0.1, -0.05) is 0 Å². The Hall–Kier alpha value is -1.30. The van der Waals surface area contributed by atoms with Gasteiger partial charge in [0.25, 0.3) is 0 Å². The molecule has 0 saturated carbocycles. The summed E-state index contributed by atoms with van der Waals surface area (Å²) in [4.78, 5) is 24.1. The molecule has 1 heterocycles. The Labute approximate surface area is 113 Å². The number of likely N-dealkylation sites (tertiary alicyclic amines) is 1. The second-order valence-corrected chi connectivity index (χ2v) is 5.16. The summed E-state index contributed by atoms with van der Waals surface area (Å²) < 4.78 is 0. The summed E-state index contributed by atoms with van der Waals surface area (Å²) in [7, 11) is 0. The molecule has 1 rings (SSSR count). The fraction of sp³-hybridized carbons (Fsp3) is 0.846. The predicted octanol–water partition coefficient (Wildman–Crippen LogP) is 1.19. The zero-order chi connectivity index (χ0) is 14.3. The van der Waals surface area contributed by atoms with E-state index in [1.54, 1.807) is 11.8 Å². The Bertz CT molecular complexity index is 307. The van der Waals surface area contributed by atoms with E-state index >= 15 is 0 Å². The molecule has 0 aliphatic carbocycles. The number of hydrogen-bond donors (Lipinski definition) is 3. The molecule has 6 heteroatoms. The Balaban J connectivity index is 2.22. The smallest absolute Gasteiger partial charge is 0.317 e. The Morgan fingerprint density at radius 1 is 1.42 bits per heavy atom. The molecule has 1 fully saturated rings. The molecule has 2 atom stereocenters. The summed E-state index contributed by atoms with van der Waals surface area (Å²) in [6.45, 7) is 2.97. The highest BCUT2D eigenvalue weighted by atomic mass is 16.4. The molecular formula is C13H24N2O4. The van der Waals surface area contributed by atoms with Crippen LogP contribution in [0, 0.1) is 0 Å². The number of hydrogen-bond acceptors (Lipinski definition) is 3. The van der Waals surface area contributed by atoms with Crippen LogP contribution >= 0.6 is 0 Å². The third-order valence-corrected chi connectivity index (χ3v) is 3.34. The molecule has 3 N–H and O–H groups in total. The van der Waals surface area contributed by atoms with E-state index in [1.807, 2.05) is 0 Å². The van der Waals surface area contributed by atoms with E-state index in [0.29, 0.717) is 25.8 Å². The van der Waals surface area contributed by atoms with Crippen LogP contribution in [0.5, 0.6) is 0 Å². The zero-order valence-corrected chi connectivity index (χ0v) is 11.5. The number of carboxylic acid groups (broad SMARTS) is 1. The van der Waals surface area contributed by atoms with Gasteiger partial charge in [0.1, 0.15) is 0 Å². The van der Waals surface area contributed by atoms with E-state index in [-0.39, 0.29) is 18.5 Å². The van der Waals surface area contributed by atoms with Crippen molar-refractivity contribution in [2.45, 2.75) is 57.6 Å². The molecule has 2 amide bonds. The maximum Gasteiger partial charge on any atom is 0.317 e. The number of carbonyl (C=O) groups excluding carboxylic acids is 1. The summed E-state index contributed by atoms with van der Waals surface area (Å²) >= 11 is 0. The van der Waals surface area contributed by atoms with E-state index in [1.165, 1.54) is 0 Å². The van der Waals surface area contributed by atoms with Gasteiger partial charge >= 0.3 is 12.0 Å². The van der Waals surface area contributed by atoms with Crippen LogP contribution in [0.3, 0.4) is 0 Å². The molecule has 0 aromatic carbocycles. The maximum atomic E-state index is 12.0. The van der Waals surface area contributed by atoms with Gasteiger partial charge < -0.3 is 20.4 Å². The first-order chi connectivity index (χ1) is 9.00. The molecule has 0 spiro atoms. The molecule has 1 aliphatic rings. The molecule has 110 valence electrons. The fourth-order valence-electron chi connectivity index (χ4n) is 2.44. The van der Waals surface area contributed by atoms with Gasteiger partial charge in [-0.3, -0.25) is 4.79 Å². The van der Waals surface area contributed by atoms with E-state index in [9.17, 15) is 14.7 Å². The lowest BCUT2D eigenvalue weighted by atomic mass is 10.1. The van der Waals surface area contributed by atoms with Gasteiger partial charge in [0.15, 0.2) is 0 Å². The minimum Gasteiger partial charge on any atom is -0.481 e. The second-order valence-electron chi connectivity index (χ2n) is 5.16. The number of unbranched alkanes of at least 4 members (excludes halogenated alkanes) is 1. The monoisotopic (exact) mass is 272 g/mol. The summed E-state index contributed by atoms with van der Waals surface area (Å²) in [5.41, 5.74) is 0. The van der Waals surface area contributed by atoms with Crippen molar-refractivity contribution in [2.75, 3.05) is 13.1 Å². The Morgan fingerprint density at radius 3 is 2.79 bits per heavy atom. The molecule has 2 unspecified atom stereocenters. The second kappa shape index (κ2) is 7.99. The van der Waals surface area contributed by atoms with Crippen molar-refractivity contribution in [2.24, 2.45) is 0 Å². The van der Waals surface area contributed by atoms with Crippen molar-refractivity contribution < 1.29 is 19.8 Å². The van der Waals surface area contributed by atoms with Gasteiger partial charge in [-0.2, -0.15) is 0 Å². The zero-order valence-electron chi connectivity index (χ0n) is 11.5. The lowest BCUT2D eigenvalue weighted by molar-refractivity contribution is -0.137. The van der Waals surface area contributed by atoms with Crippen LogP contribution in [0.2, 0.25) is 0 Å². The molecule has 0 aromatic rings. The van der Waals surface area contributed by atoms with Gasteiger partial charge in [-0.25, -0.2) is 4.79 Å². The SMILES string of the molecule is CC(O)CC1CCCN1C(=O)NCCCCC(=O)O. The van der Waals surface area contributed by atoms with Crippen molar-refractivity contribution in [1.29, 1.82) is 0 Å². The molecule has 19 heavy (non-hydrogen) atoms. The van der Waals surface area contributed by atoms with Crippen molar-refractivity contribution in [3.05, 3.63) is 0 Å². The van der Waals surface area contributed by atoms with Gasteiger partial charge in [0.05, 0.1) is 6.10 Å². The number of nitrogens with one attached hydrogen (secondary N) is 1. The van der Waals surface area contributed by atoms with Crippen molar-refractivity contribution in [1.82, 2.24) is 10.2 Å². The number of rotatable bonds is 7. The van der Waals surface area contributed by atoms with Gasteiger partial charge in [0.2, 0.25) is 0 Å². The number of urea groups is 1. The van der Waals surface area contributed by atoms with Crippen LogP contribution in [0.25, 0.3) is 0 Å². The van der Waals surface area contributed by atoms with Gasteiger partial charge in [-0.05, 0) is 39.0 Å². The number of carboxylic acids is 1. The van der Waals surface area contributed by atoms with Crippen LogP contribution in [-0.2, 0) is 4.79 Å². The van der Waals surface area contributed by atoms with Gasteiger partial charge in [-0.15, -0.1) is 0 Å². The summed E-state index contributed by atoms with van der Waals surface area (Å²) in [6.07, 6.45) is 3.53. The average molecular weight is 272 g/mol. The number of nitrogens with zero attached hydrogens (tertiary/aromatic N) is 1. The lowest BCUT2D eigenvalue weighted by Crippen LogP contribution is -2.44. The minimum absolute atomic E-state index is 0.0986.